The summed E-state index contributed by atoms with van der Waals surface area (Å²) in [6, 6.07) is 9.67. The van der Waals surface area contributed by atoms with Gasteiger partial charge in [0.15, 0.2) is 0 Å². The Hall–Kier alpha value is -1.88. The Morgan fingerprint density at radius 3 is 2.67 bits per heavy atom. The number of carbonyl (C=O) groups excluding carboxylic acids is 2. The number of rotatable bonds is 5. The van der Waals surface area contributed by atoms with E-state index in [1.807, 2.05) is 44.2 Å². The van der Waals surface area contributed by atoms with Gasteiger partial charge in [-0.2, -0.15) is 0 Å². The minimum Gasteiger partial charge on any atom is -0.348 e. The fraction of sp³-hybridized carbons (Fsp3) is 0.500. The monoisotopic (exact) mass is 289 g/mol. The van der Waals surface area contributed by atoms with Crippen LogP contribution in [0.1, 0.15) is 38.3 Å². The molecule has 2 atom stereocenters. The van der Waals surface area contributed by atoms with Crippen LogP contribution >= 0.6 is 0 Å². The molecule has 1 aliphatic heterocycles. The lowest BCUT2D eigenvalue weighted by Gasteiger charge is -2.23. The molecule has 0 bridgehead atoms. The lowest BCUT2D eigenvalue weighted by molar-refractivity contribution is -0.129. The SMILES string of the molecule is CC(NC(=O)CNC(=O)C1(C)CCCN1)c1ccccc1. The average molecular weight is 289 g/mol. The zero-order chi connectivity index (χ0) is 15.3. The molecule has 3 N–H and O–H groups in total. The lowest BCUT2D eigenvalue weighted by Crippen LogP contribution is -2.53. The van der Waals surface area contributed by atoms with Gasteiger partial charge in [-0.15, -0.1) is 0 Å². The molecule has 21 heavy (non-hydrogen) atoms. The summed E-state index contributed by atoms with van der Waals surface area (Å²) in [6.45, 7) is 4.66. The first-order valence-corrected chi connectivity index (χ1v) is 7.39. The summed E-state index contributed by atoms with van der Waals surface area (Å²) in [5.41, 5.74) is 0.507. The van der Waals surface area contributed by atoms with Crippen LogP contribution in [0, 0.1) is 0 Å². The van der Waals surface area contributed by atoms with Crippen LogP contribution in [0.5, 0.6) is 0 Å². The van der Waals surface area contributed by atoms with Crippen molar-refractivity contribution in [3.8, 4) is 0 Å². The molecular weight excluding hydrogens is 266 g/mol. The topological polar surface area (TPSA) is 70.2 Å². The predicted molar refractivity (Wildman–Crippen MR) is 81.7 cm³/mol. The fourth-order valence-corrected chi connectivity index (χ4v) is 2.56. The van der Waals surface area contributed by atoms with E-state index >= 15 is 0 Å². The first-order valence-electron chi connectivity index (χ1n) is 7.39. The zero-order valence-corrected chi connectivity index (χ0v) is 12.6. The summed E-state index contributed by atoms with van der Waals surface area (Å²) >= 11 is 0. The van der Waals surface area contributed by atoms with E-state index in [1.54, 1.807) is 0 Å². The molecule has 0 aromatic heterocycles. The molecule has 5 nitrogen and oxygen atoms in total. The molecule has 1 aromatic carbocycles. The van der Waals surface area contributed by atoms with Gasteiger partial charge in [0, 0.05) is 0 Å². The van der Waals surface area contributed by atoms with Crippen molar-refractivity contribution < 1.29 is 9.59 Å². The van der Waals surface area contributed by atoms with Crippen LogP contribution in [-0.4, -0.2) is 30.4 Å². The van der Waals surface area contributed by atoms with E-state index in [0.717, 1.165) is 24.9 Å². The van der Waals surface area contributed by atoms with E-state index in [2.05, 4.69) is 16.0 Å². The van der Waals surface area contributed by atoms with Crippen molar-refractivity contribution in [2.24, 2.45) is 0 Å². The summed E-state index contributed by atoms with van der Waals surface area (Å²) < 4.78 is 0. The largest absolute Gasteiger partial charge is 0.348 e. The Kier molecular flexibility index (Phi) is 4.96. The summed E-state index contributed by atoms with van der Waals surface area (Å²) in [6.07, 6.45) is 1.79. The van der Waals surface area contributed by atoms with Crippen LogP contribution in [0.3, 0.4) is 0 Å². The number of hydrogen-bond acceptors (Lipinski definition) is 3. The maximum absolute atomic E-state index is 12.1. The summed E-state index contributed by atoms with van der Waals surface area (Å²) in [7, 11) is 0. The quantitative estimate of drug-likeness (QED) is 0.761. The first-order chi connectivity index (χ1) is 10.0. The Morgan fingerprint density at radius 2 is 2.05 bits per heavy atom. The highest BCUT2D eigenvalue weighted by Crippen LogP contribution is 2.18. The molecule has 0 aliphatic carbocycles. The standard InChI is InChI=1S/C16H23N3O2/c1-12(13-7-4-3-5-8-13)19-14(20)11-17-15(21)16(2)9-6-10-18-16/h3-5,7-8,12,18H,6,9-11H2,1-2H3,(H,17,21)(H,19,20). The van der Waals surface area contributed by atoms with Crippen LogP contribution in [0.25, 0.3) is 0 Å². The molecule has 1 aliphatic rings. The second kappa shape index (κ2) is 6.72. The molecule has 1 aromatic rings. The van der Waals surface area contributed by atoms with Crippen LogP contribution in [0.2, 0.25) is 0 Å². The number of amides is 2. The van der Waals surface area contributed by atoms with Crippen molar-refractivity contribution in [1.29, 1.82) is 0 Å². The molecule has 2 rings (SSSR count). The smallest absolute Gasteiger partial charge is 0.240 e. The number of nitrogens with one attached hydrogen (secondary N) is 3. The van der Waals surface area contributed by atoms with Gasteiger partial charge in [0.05, 0.1) is 18.1 Å². The average Bonchev–Trinajstić information content (AvgIpc) is 2.94. The molecule has 5 heteroatoms. The van der Waals surface area contributed by atoms with Gasteiger partial charge in [-0.05, 0) is 38.8 Å². The highest BCUT2D eigenvalue weighted by atomic mass is 16.2. The van der Waals surface area contributed by atoms with Crippen LogP contribution < -0.4 is 16.0 Å². The summed E-state index contributed by atoms with van der Waals surface area (Å²) in [5.74, 6) is -0.288. The van der Waals surface area contributed by atoms with Gasteiger partial charge in [0.2, 0.25) is 11.8 Å². The van der Waals surface area contributed by atoms with E-state index in [9.17, 15) is 9.59 Å². The van der Waals surface area contributed by atoms with Crippen LogP contribution in [0.15, 0.2) is 30.3 Å². The minimum absolute atomic E-state index is 0.00722. The predicted octanol–water partition coefficient (Wildman–Crippen LogP) is 1.12. The molecule has 0 saturated carbocycles. The van der Waals surface area contributed by atoms with E-state index < -0.39 is 5.54 Å². The third-order valence-electron chi connectivity index (χ3n) is 3.96. The lowest BCUT2D eigenvalue weighted by atomic mass is 9.99. The Balaban J connectivity index is 1.78. The molecule has 1 saturated heterocycles. The summed E-state index contributed by atoms with van der Waals surface area (Å²) in [5, 5.41) is 8.77. The van der Waals surface area contributed by atoms with E-state index in [0.29, 0.717) is 0 Å². The number of hydrogen-bond donors (Lipinski definition) is 3. The molecule has 2 amide bonds. The second-order valence-corrected chi connectivity index (χ2v) is 5.74. The van der Waals surface area contributed by atoms with Crippen LogP contribution in [-0.2, 0) is 9.59 Å². The molecule has 1 heterocycles. The maximum atomic E-state index is 12.1. The molecular formula is C16H23N3O2. The van der Waals surface area contributed by atoms with Crippen molar-refractivity contribution in [2.75, 3.05) is 13.1 Å². The minimum atomic E-state index is -0.536. The normalized spacial score (nSPS) is 22.6. The maximum Gasteiger partial charge on any atom is 0.240 e. The molecule has 1 fully saturated rings. The van der Waals surface area contributed by atoms with Gasteiger partial charge in [-0.3, -0.25) is 9.59 Å². The molecule has 114 valence electrons. The van der Waals surface area contributed by atoms with Gasteiger partial charge >= 0.3 is 0 Å². The van der Waals surface area contributed by atoms with Crippen molar-refractivity contribution in [3.05, 3.63) is 35.9 Å². The van der Waals surface area contributed by atoms with Gasteiger partial charge in [-0.1, -0.05) is 30.3 Å². The zero-order valence-electron chi connectivity index (χ0n) is 12.6. The number of carbonyl (C=O) groups is 2. The van der Waals surface area contributed by atoms with Crippen molar-refractivity contribution in [1.82, 2.24) is 16.0 Å². The third-order valence-corrected chi connectivity index (χ3v) is 3.96. The van der Waals surface area contributed by atoms with Gasteiger partial charge < -0.3 is 16.0 Å². The third kappa shape index (κ3) is 4.04. The highest BCUT2D eigenvalue weighted by molar-refractivity contribution is 5.90. The molecule has 0 spiro atoms. The van der Waals surface area contributed by atoms with E-state index in [1.165, 1.54) is 0 Å². The van der Waals surface area contributed by atoms with Crippen molar-refractivity contribution in [2.45, 2.75) is 38.3 Å². The second-order valence-electron chi connectivity index (χ2n) is 5.74. The van der Waals surface area contributed by atoms with E-state index in [4.69, 9.17) is 0 Å². The fourth-order valence-electron chi connectivity index (χ4n) is 2.56. The van der Waals surface area contributed by atoms with Crippen molar-refractivity contribution in [3.63, 3.8) is 0 Å². The summed E-state index contributed by atoms with van der Waals surface area (Å²) in [4.78, 5) is 24.0. The first kappa shape index (κ1) is 15.5. The number of benzene rings is 1. The van der Waals surface area contributed by atoms with Gasteiger partial charge in [0.1, 0.15) is 0 Å². The Bertz CT molecular complexity index is 496. The van der Waals surface area contributed by atoms with Gasteiger partial charge in [0.25, 0.3) is 0 Å². The van der Waals surface area contributed by atoms with Crippen molar-refractivity contribution >= 4 is 11.8 Å². The Morgan fingerprint density at radius 1 is 1.33 bits per heavy atom. The van der Waals surface area contributed by atoms with E-state index in [-0.39, 0.29) is 24.4 Å². The molecule has 2 unspecified atom stereocenters. The highest BCUT2D eigenvalue weighted by Gasteiger charge is 2.35. The molecule has 0 radical (unpaired) electrons. The van der Waals surface area contributed by atoms with Crippen LogP contribution in [0.4, 0.5) is 0 Å². The van der Waals surface area contributed by atoms with Gasteiger partial charge in [-0.25, -0.2) is 0 Å². The Labute approximate surface area is 125 Å².